The second-order valence-corrected chi connectivity index (χ2v) is 12.0. The molecule has 2 atom stereocenters. The predicted molar refractivity (Wildman–Crippen MR) is 176 cm³/mol. The van der Waals surface area contributed by atoms with Crippen LogP contribution in [0.4, 0.5) is 16.0 Å². The molecular formula is C35H43FN8. The SMILES string of the molecule is C=C(NC1=CC(C)(F)C(CN2CCN(C)CC2)C=C1)c1ccc(C)c(C#Cc2cnc(Nc3cnn(CCCC)c3)nc2)c1. The number of piperazine rings is 1. The molecule has 1 aromatic carbocycles. The molecule has 9 heteroatoms. The maximum atomic E-state index is 15.8. The Morgan fingerprint density at radius 2 is 1.91 bits per heavy atom. The third-order valence-corrected chi connectivity index (χ3v) is 8.23. The molecule has 3 aromatic rings. The first-order valence-electron chi connectivity index (χ1n) is 15.4. The average molecular weight is 595 g/mol. The van der Waals surface area contributed by atoms with E-state index in [0.717, 1.165) is 74.5 Å². The Morgan fingerprint density at radius 3 is 2.64 bits per heavy atom. The molecule has 2 N–H and O–H groups in total. The van der Waals surface area contributed by atoms with Crippen molar-refractivity contribution in [2.75, 3.05) is 45.1 Å². The van der Waals surface area contributed by atoms with Crippen molar-refractivity contribution in [1.29, 1.82) is 0 Å². The van der Waals surface area contributed by atoms with Gasteiger partial charge >= 0.3 is 0 Å². The number of allylic oxidation sites excluding steroid dienone is 2. The van der Waals surface area contributed by atoms with Crippen LogP contribution >= 0.6 is 0 Å². The number of aromatic nitrogens is 4. The predicted octanol–water partition coefficient (Wildman–Crippen LogP) is 5.53. The van der Waals surface area contributed by atoms with Crippen molar-refractivity contribution in [2.24, 2.45) is 5.92 Å². The Hall–Kier alpha value is -4.26. The number of hydrogen-bond donors (Lipinski definition) is 2. The van der Waals surface area contributed by atoms with Crippen LogP contribution in [0.15, 0.2) is 73.5 Å². The molecule has 0 radical (unpaired) electrons. The van der Waals surface area contributed by atoms with E-state index in [9.17, 15) is 0 Å². The highest BCUT2D eigenvalue weighted by Crippen LogP contribution is 2.32. The van der Waals surface area contributed by atoms with Gasteiger partial charge in [-0.3, -0.25) is 4.68 Å². The van der Waals surface area contributed by atoms with Crippen LogP contribution in [0.2, 0.25) is 0 Å². The number of nitrogens with zero attached hydrogens (tertiary/aromatic N) is 6. The molecule has 0 saturated carbocycles. The van der Waals surface area contributed by atoms with Crippen molar-refractivity contribution in [3.63, 3.8) is 0 Å². The maximum absolute atomic E-state index is 15.8. The molecule has 5 rings (SSSR count). The summed E-state index contributed by atoms with van der Waals surface area (Å²) < 4.78 is 17.7. The number of benzene rings is 1. The van der Waals surface area contributed by atoms with Crippen molar-refractivity contribution >= 4 is 17.3 Å². The molecule has 2 aromatic heterocycles. The van der Waals surface area contributed by atoms with Gasteiger partial charge in [-0.25, -0.2) is 14.4 Å². The van der Waals surface area contributed by atoms with E-state index in [4.69, 9.17) is 0 Å². The van der Waals surface area contributed by atoms with E-state index in [1.165, 1.54) is 0 Å². The number of hydrogen-bond acceptors (Lipinski definition) is 7. The van der Waals surface area contributed by atoms with E-state index < -0.39 is 5.67 Å². The third kappa shape index (κ3) is 8.22. The summed E-state index contributed by atoms with van der Waals surface area (Å²) in [5.74, 6) is 6.73. The molecule has 1 fully saturated rings. The number of rotatable bonds is 10. The molecule has 8 nitrogen and oxygen atoms in total. The van der Waals surface area contributed by atoms with E-state index in [-0.39, 0.29) is 5.92 Å². The minimum atomic E-state index is -1.45. The summed E-state index contributed by atoms with van der Waals surface area (Å²) in [6.07, 6.45) is 15.0. The summed E-state index contributed by atoms with van der Waals surface area (Å²) in [4.78, 5) is 13.5. The van der Waals surface area contributed by atoms with Gasteiger partial charge in [-0.05, 0) is 56.7 Å². The van der Waals surface area contributed by atoms with E-state index >= 15 is 4.39 Å². The van der Waals surface area contributed by atoms with Gasteiger partial charge in [0.05, 0.1) is 17.4 Å². The highest BCUT2D eigenvalue weighted by Gasteiger charge is 2.35. The van der Waals surface area contributed by atoms with Crippen molar-refractivity contribution in [3.8, 4) is 11.8 Å². The van der Waals surface area contributed by atoms with Crippen LogP contribution in [-0.2, 0) is 6.54 Å². The van der Waals surface area contributed by atoms with Crippen LogP contribution in [0.25, 0.3) is 5.70 Å². The quantitative estimate of drug-likeness (QED) is 0.299. The second kappa shape index (κ2) is 14.0. The summed E-state index contributed by atoms with van der Waals surface area (Å²) in [6.45, 7) is 15.7. The van der Waals surface area contributed by atoms with Crippen LogP contribution in [0.5, 0.6) is 0 Å². The normalized spacial score (nSPS) is 20.5. The Kier molecular flexibility index (Phi) is 9.93. The molecule has 3 heterocycles. The number of alkyl halides is 1. The van der Waals surface area contributed by atoms with Gasteiger partial charge in [0.15, 0.2) is 0 Å². The first-order chi connectivity index (χ1) is 21.2. The first kappa shape index (κ1) is 31.2. The molecule has 2 unspecified atom stereocenters. The molecule has 0 amide bonds. The zero-order valence-electron chi connectivity index (χ0n) is 26.3. The van der Waals surface area contributed by atoms with Gasteiger partial charge < -0.3 is 20.4 Å². The van der Waals surface area contributed by atoms with E-state index in [1.54, 1.807) is 31.6 Å². The second-order valence-electron chi connectivity index (χ2n) is 12.0. The molecule has 44 heavy (non-hydrogen) atoms. The molecule has 0 bridgehead atoms. The Bertz CT molecular complexity index is 1570. The zero-order valence-corrected chi connectivity index (χ0v) is 26.3. The maximum Gasteiger partial charge on any atom is 0.227 e. The summed E-state index contributed by atoms with van der Waals surface area (Å²) in [6, 6.07) is 6.02. The van der Waals surface area contributed by atoms with Crippen LogP contribution < -0.4 is 10.6 Å². The fourth-order valence-corrected chi connectivity index (χ4v) is 5.28. The summed E-state index contributed by atoms with van der Waals surface area (Å²) >= 11 is 0. The largest absolute Gasteiger partial charge is 0.356 e. The van der Waals surface area contributed by atoms with Gasteiger partial charge in [0, 0.05) is 80.7 Å². The van der Waals surface area contributed by atoms with Gasteiger partial charge in [-0.1, -0.05) is 50.0 Å². The number of unbranched alkanes of at least 4 members (excludes halogenated alkanes) is 1. The summed E-state index contributed by atoms with van der Waals surface area (Å²) in [5.41, 5.74) is 4.33. The number of nitrogens with one attached hydrogen (secondary N) is 2. The fraction of sp³-hybridized carbons (Fsp3) is 0.400. The van der Waals surface area contributed by atoms with E-state index in [1.807, 2.05) is 48.2 Å². The number of likely N-dealkylation sites (N-methyl/N-ethyl adjacent to an activating group) is 1. The van der Waals surface area contributed by atoms with Gasteiger partial charge in [0.2, 0.25) is 5.95 Å². The fourth-order valence-electron chi connectivity index (χ4n) is 5.28. The average Bonchev–Trinajstić information content (AvgIpc) is 3.45. The molecule has 2 aliphatic rings. The topological polar surface area (TPSA) is 74.1 Å². The Balaban J connectivity index is 1.19. The molecular weight excluding hydrogens is 551 g/mol. The third-order valence-electron chi connectivity index (χ3n) is 8.23. The molecule has 1 aliphatic carbocycles. The summed E-state index contributed by atoms with van der Waals surface area (Å²) in [5, 5.41) is 10.9. The number of anilines is 2. The molecule has 230 valence electrons. The van der Waals surface area contributed by atoms with Gasteiger partial charge in [-0.15, -0.1) is 0 Å². The minimum absolute atomic E-state index is 0.186. The van der Waals surface area contributed by atoms with Gasteiger partial charge in [0.25, 0.3) is 0 Å². The standard InChI is InChI=1S/C35H43FN8/c1-6-7-14-44-25-33(23-39-44)41-34-37-21-28(22-38-34)9-11-29-19-30(10-8-26(29)2)27(3)40-32-13-12-31(35(4,36)20-32)24-43-17-15-42(5)16-18-43/h8,10,12-13,19-23,25,31,40H,3,6-7,14-18,24H2,1-2,4-5H3,(H,37,38,41). The lowest BCUT2D eigenvalue weighted by Gasteiger charge is -2.37. The number of halogens is 1. The highest BCUT2D eigenvalue weighted by molar-refractivity contribution is 5.66. The molecule has 0 spiro atoms. The van der Waals surface area contributed by atoms with Crippen molar-refractivity contribution < 1.29 is 4.39 Å². The van der Waals surface area contributed by atoms with Crippen LogP contribution in [-0.4, -0.2) is 75.0 Å². The molecule has 1 saturated heterocycles. The number of aryl methyl sites for hydroxylation is 2. The van der Waals surface area contributed by atoms with Crippen molar-refractivity contribution in [1.82, 2.24) is 34.9 Å². The first-order valence-corrected chi connectivity index (χ1v) is 15.4. The zero-order chi connectivity index (χ0) is 31.1. The van der Waals surface area contributed by atoms with Gasteiger partial charge in [0.1, 0.15) is 5.67 Å². The van der Waals surface area contributed by atoms with E-state index in [0.29, 0.717) is 22.9 Å². The van der Waals surface area contributed by atoms with E-state index in [2.05, 4.69) is 67.9 Å². The van der Waals surface area contributed by atoms with Gasteiger partial charge in [-0.2, -0.15) is 5.10 Å². The lowest BCUT2D eigenvalue weighted by molar-refractivity contribution is 0.0999. The Morgan fingerprint density at radius 1 is 1.14 bits per heavy atom. The van der Waals surface area contributed by atoms with Crippen molar-refractivity contribution in [3.05, 3.63) is 95.7 Å². The lowest BCUT2D eigenvalue weighted by atomic mass is 9.85. The smallest absolute Gasteiger partial charge is 0.227 e. The Labute approximate surface area is 260 Å². The molecule has 1 aliphatic heterocycles. The minimum Gasteiger partial charge on any atom is -0.356 e. The van der Waals surface area contributed by atoms with Crippen LogP contribution in [0.1, 0.15) is 48.9 Å². The summed E-state index contributed by atoms with van der Waals surface area (Å²) in [7, 11) is 2.13. The van der Waals surface area contributed by atoms with Crippen molar-refractivity contribution in [2.45, 2.75) is 45.8 Å². The monoisotopic (exact) mass is 594 g/mol. The van der Waals surface area contributed by atoms with Crippen LogP contribution in [0.3, 0.4) is 0 Å². The lowest BCUT2D eigenvalue weighted by Crippen LogP contribution is -2.48. The highest BCUT2D eigenvalue weighted by atomic mass is 19.1. The van der Waals surface area contributed by atoms with Crippen LogP contribution in [0, 0.1) is 24.7 Å².